The van der Waals surface area contributed by atoms with Crippen LogP contribution < -0.4 is 5.43 Å². The second-order valence-corrected chi connectivity index (χ2v) is 8.87. The van der Waals surface area contributed by atoms with Gasteiger partial charge in [0, 0.05) is 24.8 Å². The molecule has 0 bridgehead atoms. The predicted molar refractivity (Wildman–Crippen MR) is 114 cm³/mol. The molecule has 2 heterocycles. The van der Waals surface area contributed by atoms with E-state index in [4.69, 9.17) is 0 Å². The number of phenols is 1. The number of pyridine rings is 1. The molecule has 4 rings (SSSR count). The third kappa shape index (κ3) is 4.08. The summed E-state index contributed by atoms with van der Waals surface area (Å²) in [6.45, 7) is 1.11. The Morgan fingerprint density at radius 2 is 1.83 bits per heavy atom. The molecule has 150 valence electrons. The number of hydrazone groups is 1. The third-order valence-corrected chi connectivity index (χ3v) is 6.89. The number of hydrogen-bond donors (Lipinski definition) is 2. The molecule has 3 aromatic rings. The SMILES string of the molecule is O=S(=O)(c1ccc(NN=Cc2c(O)ccc3ccccc23)nc1)N1CCCCC1. The molecule has 2 aromatic carbocycles. The van der Waals surface area contributed by atoms with Crippen molar-refractivity contribution in [2.24, 2.45) is 5.10 Å². The van der Waals surface area contributed by atoms with Crippen LogP contribution in [0.2, 0.25) is 0 Å². The first-order valence-electron chi connectivity index (χ1n) is 9.52. The van der Waals surface area contributed by atoms with Crippen LogP contribution in [0.15, 0.2) is 64.7 Å². The molecule has 1 fully saturated rings. The number of piperidine rings is 1. The number of anilines is 1. The van der Waals surface area contributed by atoms with E-state index in [1.807, 2.05) is 30.3 Å². The zero-order valence-electron chi connectivity index (χ0n) is 15.8. The fourth-order valence-corrected chi connectivity index (χ4v) is 4.90. The molecule has 0 radical (unpaired) electrons. The second-order valence-electron chi connectivity index (χ2n) is 6.93. The summed E-state index contributed by atoms with van der Waals surface area (Å²) in [5.74, 6) is 0.545. The Balaban J connectivity index is 1.49. The summed E-state index contributed by atoms with van der Waals surface area (Å²) in [7, 11) is -3.50. The van der Waals surface area contributed by atoms with Crippen LogP contribution in [0.25, 0.3) is 10.8 Å². The number of fused-ring (bicyclic) bond motifs is 1. The lowest BCUT2D eigenvalue weighted by Gasteiger charge is -2.25. The van der Waals surface area contributed by atoms with E-state index in [9.17, 15) is 13.5 Å². The highest BCUT2D eigenvalue weighted by atomic mass is 32.2. The van der Waals surface area contributed by atoms with Crippen LogP contribution in [0.3, 0.4) is 0 Å². The monoisotopic (exact) mass is 410 g/mol. The Labute approximate surface area is 169 Å². The number of rotatable bonds is 5. The summed E-state index contributed by atoms with van der Waals surface area (Å²) < 4.78 is 26.9. The quantitative estimate of drug-likeness (QED) is 0.495. The molecule has 7 nitrogen and oxygen atoms in total. The van der Waals surface area contributed by atoms with Gasteiger partial charge in [0.05, 0.1) is 6.21 Å². The van der Waals surface area contributed by atoms with Gasteiger partial charge in [-0.3, -0.25) is 5.43 Å². The molecule has 1 saturated heterocycles. The van der Waals surface area contributed by atoms with Crippen LogP contribution in [0.1, 0.15) is 24.8 Å². The van der Waals surface area contributed by atoms with Crippen LogP contribution in [0, 0.1) is 0 Å². The van der Waals surface area contributed by atoms with Crippen molar-refractivity contribution < 1.29 is 13.5 Å². The summed E-state index contributed by atoms with van der Waals surface area (Å²) in [5, 5.41) is 16.2. The summed E-state index contributed by atoms with van der Waals surface area (Å²) in [6.07, 6.45) is 5.72. The molecule has 0 atom stereocenters. The Kier molecular flexibility index (Phi) is 5.46. The maximum atomic E-state index is 12.7. The maximum Gasteiger partial charge on any atom is 0.244 e. The van der Waals surface area contributed by atoms with Gasteiger partial charge in [0.15, 0.2) is 0 Å². The van der Waals surface area contributed by atoms with E-state index in [0.717, 1.165) is 30.0 Å². The number of aromatic nitrogens is 1. The smallest absolute Gasteiger partial charge is 0.244 e. The predicted octanol–water partition coefficient (Wildman–Crippen LogP) is 3.56. The van der Waals surface area contributed by atoms with Crippen LogP contribution >= 0.6 is 0 Å². The molecule has 0 amide bonds. The molecule has 1 aliphatic heterocycles. The van der Waals surface area contributed by atoms with Crippen molar-refractivity contribution in [1.29, 1.82) is 0 Å². The third-order valence-electron chi connectivity index (χ3n) is 5.01. The van der Waals surface area contributed by atoms with Crippen LogP contribution in [-0.4, -0.2) is 42.1 Å². The van der Waals surface area contributed by atoms with Gasteiger partial charge in [-0.15, -0.1) is 0 Å². The van der Waals surface area contributed by atoms with Crippen molar-refractivity contribution in [2.45, 2.75) is 24.2 Å². The maximum absolute atomic E-state index is 12.7. The van der Waals surface area contributed by atoms with Crippen molar-refractivity contribution in [2.75, 3.05) is 18.5 Å². The van der Waals surface area contributed by atoms with Gasteiger partial charge in [-0.25, -0.2) is 13.4 Å². The average molecular weight is 410 g/mol. The first kappa shape index (κ1) is 19.4. The number of phenolic OH excluding ortho intramolecular Hbond substituents is 1. The lowest BCUT2D eigenvalue weighted by molar-refractivity contribution is 0.346. The molecule has 1 aliphatic rings. The summed E-state index contributed by atoms with van der Waals surface area (Å²) in [5.41, 5.74) is 3.38. The molecular weight excluding hydrogens is 388 g/mol. The minimum atomic E-state index is -3.50. The summed E-state index contributed by atoms with van der Waals surface area (Å²) in [4.78, 5) is 4.34. The van der Waals surface area contributed by atoms with E-state index < -0.39 is 10.0 Å². The van der Waals surface area contributed by atoms with Crippen molar-refractivity contribution in [3.63, 3.8) is 0 Å². The van der Waals surface area contributed by atoms with Gasteiger partial charge < -0.3 is 5.11 Å². The van der Waals surface area contributed by atoms with Crippen LogP contribution in [0.4, 0.5) is 5.82 Å². The van der Waals surface area contributed by atoms with Crippen molar-refractivity contribution in [3.05, 3.63) is 60.3 Å². The van der Waals surface area contributed by atoms with E-state index >= 15 is 0 Å². The lowest BCUT2D eigenvalue weighted by atomic mass is 10.0. The Bertz CT molecular complexity index is 1140. The van der Waals surface area contributed by atoms with Gasteiger partial charge in [0.2, 0.25) is 10.0 Å². The Morgan fingerprint density at radius 1 is 1.03 bits per heavy atom. The van der Waals surface area contributed by atoms with Gasteiger partial charge in [-0.05, 0) is 41.8 Å². The zero-order chi connectivity index (χ0) is 20.3. The number of benzene rings is 2. The van der Waals surface area contributed by atoms with E-state index in [1.54, 1.807) is 12.1 Å². The first-order chi connectivity index (χ1) is 14.1. The fraction of sp³-hybridized carbons (Fsp3) is 0.238. The van der Waals surface area contributed by atoms with Gasteiger partial charge in [-0.1, -0.05) is 36.8 Å². The van der Waals surface area contributed by atoms with Gasteiger partial charge in [-0.2, -0.15) is 9.41 Å². The minimum Gasteiger partial charge on any atom is -0.507 e. The molecule has 8 heteroatoms. The van der Waals surface area contributed by atoms with Crippen LogP contribution in [0.5, 0.6) is 5.75 Å². The zero-order valence-corrected chi connectivity index (χ0v) is 16.6. The van der Waals surface area contributed by atoms with Gasteiger partial charge >= 0.3 is 0 Å². The molecule has 0 saturated carbocycles. The fourth-order valence-electron chi connectivity index (χ4n) is 3.44. The average Bonchev–Trinajstić information content (AvgIpc) is 2.76. The molecular formula is C21H22N4O3S. The van der Waals surface area contributed by atoms with E-state index in [-0.39, 0.29) is 10.6 Å². The summed E-state index contributed by atoms with van der Waals surface area (Å²) in [6, 6.07) is 14.3. The molecule has 29 heavy (non-hydrogen) atoms. The van der Waals surface area contributed by atoms with Crippen molar-refractivity contribution in [3.8, 4) is 5.75 Å². The standard InChI is InChI=1S/C21H22N4O3S/c26-20-10-8-16-6-2-3-7-18(16)19(20)15-23-24-21-11-9-17(14-22-21)29(27,28)25-12-4-1-5-13-25/h2-3,6-11,14-15,26H,1,4-5,12-13H2,(H,22,24). The second kappa shape index (κ2) is 8.18. The number of hydrogen-bond acceptors (Lipinski definition) is 6. The van der Waals surface area contributed by atoms with Gasteiger partial charge in [0.25, 0.3) is 0 Å². The molecule has 0 aliphatic carbocycles. The van der Waals surface area contributed by atoms with E-state index in [0.29, 0.717) is 24.5 Å². The Hall–Kier alpha value is -2.97. The topological polar surface area (TPSA) is 94.9 Å². The molecule has 2 N–H and O–H groups in total. The number of sulfonamides is 1. The highest BCUT2D eigenvalue weighted by Crippen LogP contribution is 2.25. The number of nitrogens with zero attached hydrogens (tertiary/aromatic N) is 3. The Morgan fingerprint density at radius 3 is 2.59 bits per heavy atom. The molecule has 0 spiro atoms. The van der Waals surface area contributed by atoms with Gasteiger partial charge in [0.1, 0.15) is 16.5 Å². The lowest BCUT2D eigenvalue weighted by Crippen LogP contribution is -2.35. The normalized spacial score (nSPS) is 15.7. The highest BCUT2D eigenvalue weighted by Gasteiger charge is 2.26. The van der Waals surface area contributed by atoms with Crippen molar-refractivity contribution >= 4 is 32.8 Å². The van der Waals surface area contributed by atoms with Crippen molar-refractivity contribution in [1.82, 2.24) is 9.29 Å². The van der Waals surface area contributed by atoms with E-state index in [1.165, 1.54) is 22.8 Å². The molecule has 1 aromatic heterocycles. The number of nitrogens with one attached hydrogen (secondary N) is 1. The highest BCUT2D eigenvalue weighted by molar-refractivity contribution is 7.89. The summed E-state index contributed by atoms with van der Waals surface area (Å²) >= 11 is 0. The minimum absolute atomic E-state index is 0.130. The molecule has 0 unspecified atom stereocenters. The van der Waals surface area contributed by atoms with Crippen LogP contribution in [-0.2, 0) is 10.0 Å². The number of aromatic hydroxyl groups is 1. The first-order valence-corrected chi connectivity index (χ1v) is 11.0. The van der Waals surface area contributed by atoms with E-state index in [2.05, 4.69) is 15.5 Å². The largest absolute Gasteiger partial charge is 0.507 e.